The molecule has 22 heavy (non-hydrogen) atoms. The molecule has 0 unspecified atom stereocenters. The van der Waals surface area contributed by atoms with Gasteiger partial charge >= 0.3 is 0 Å². The van der Waals surface area contributed by atoms with Crippen LogP contribution in [0.15, 0.2) is 67.4 Å². The van der Waals surface area contributed by atoms with Gasteiger partial charge in [0, 0.05) is 20.7 Å². The van der Waals surface area contributed by atoms with Crippen LogP contribution in [0.1, 0.15) is 16.1 Å². The second kappa shape index (κ2) is 6.36. The van der Waals surface area contributed by atoms with Crippen LogP contribution in [0, 0.1) is 3.57 Å². The van der Waals surface area contributed by atoms with Crippen molar-refractivity contribution in [3.05, 3.63) is 82.2 Å². The third kappa shape index (κ3) is 2.92. The molecule has 1 aromatic heterocycles. The van der Waals surface area contributed by atoms with Gasteiger partial charge in [-0.05, 0) is 46.4 Å². The minimum atomic E-state index is -0.0779. The van der Waals surface area contributed by atoms with E-state index in [0.29, 0.717) is 12.2 Å². The first-order chi connectivity index (χ1) is 10.7. The molecule has 0 saturated heterocycles. The third-order valence-electron chi connectivity index (χ3n) is 3.54. The molecular weight excluding hydrogens is 387 g/mol. The summed E-state index contributed by atoms with van der Waals surface area (Å²) in [5, 5.41) is 1.03. The quantitative estimate of drug-likeness (QED) is 0.639. The minimum Gasteiger partial charge on any atom is -0.351 e. The van der Waals surface area contributed by atoms with Crippen LogP contribution >= 0.6 is 22.6 Å². The van der Waals surface area contributed by atoms with Crippen molar-refractivity contribution in [2.24, 2.45) is 0 Å². The number of aromatic amines is 1. The molecule has 0 bridgehead atoms. The summed E-state index contributed by atoms with van der Waals surface area (Å²) in [6.07, 6.45) is 1.58. The van der Waals surface area contributed by atoms with E-state index in [-0.39, 0.29) is 5.91 Å². The maximum atomic E-state index is 12.7. The number of rotatable bonds is 4. The van der Waals surface area contributed by atoms with Crippen LogP contribution in [0.2, 0.25) is 0 Å². The van der Waals surface area contributed by atoms with Gasteiger partial charge in [0.2, 0.25) is 0 Å². The smallest absolute Gasteiger partial charge is 0.274 e. The molecule has 2 aromatic carbocycles. The van der Waals surface area contributed by atoms with Gasteiger partial charge in [-0.15, -0.1) is 0 Å². The first-order valence-corrected chi connectivity index (χ1v) is 8.01. The minimum absolute atomic E-state index is 0.0779. The van der Waals surface area contributed by atoms with E-state index < -0.39 is 0 Å². The van der Waals surface area contributed by atoms with Crippen LogP contribution in [0.4, 0.5) is 0 Å². The predicted octanol–water partition coefficient (Wildman–Crippen LogP) is 4.56. The Labute approximate surface area is 142 Å². The van der Waals surface area contributed by atoms with E-state index in [1.165, 1.54) is 0 Å². The molecule has 3 aromatic rings. The SMILES string of the molecule is C=CN(Cc1ccccc1I)C(=O)c1cc2ccccc2[nH]1. The average Bonchev–Trinajstić information content (AvgIpc) is 2.97. The number of carbonyl (C=O) groups is 1. The van der Waals surface area contributed by atoms with Gasteiger partial charge in [-0.3, -0.25) is 4.79 Å². The summed E-state index contributed by atoms with van der Waals surface area (Å²) in [5.41, 5.74) is 2.64. The van der Waals surface area contributed by atoms with E-state index in [9.17, 15) is 4.79 Å². The molecule has 0 radical (unpaired) electrons. The first-order valence-electron chi connectivity index (χ1n) is 6.93. The number of nitrogens with one attached hydrogen (secondary N) is 1. The Morgan fingerprint density at radius 3 is 2.64 bits per heavy atom. The number of hydrogen-bond donors (Lipinski definition) is 1. The number of halogens is 1. The zero-order valence-corrected chi connectivity index (χ0v) is 14.1. The third-order valence-corrected chi connectivity index (χ3v) is 4.59. The van der Waals surface area contributed by atoms with Crippen molar-refractivity contribution in [3.8, 4) is 0 Å². The molecule has 110 valence electrons. The molecule has 0 fully saturated rings. The van der Waals surface area contributed by atoms with E-state index in [2.05, 4.69) is 34.2 Å². The number of amides is 1. The van der Waals surface area contributed by atoms with Gasteiger partial charge in [0.1, 0.15) is 5.69 Å². The van der Waals surface area contributed by atoms with Gasteiger partial charge in [0.05, 0.1) is 6.54 Å². The summed E-state index contributed by atoms with van der Waals surface area (Å²) in [5.74, 6) is -0.0779. The lowest BCUT2D eigenvalue weighted by Gasteiger charge is -2.18. The zero-order valence-electron chi connectivity index (χ0n) is 11.9. The summed E-state index contributed by atoms with van der Waals surface area (Å²) >= 11 is 2.28. The van der Waals surface area contributed by atoms with E-state index in [1.807, 2.05) is 54.6 Å². The fourth-order valence-corrected chi connectivity index (χ4v) is 2.93. The van der Waals surface area contributed by atoms with E-state index >= 15 is 0 Å². The van der Waals surface area contributed by atoms with Crippen LogP contribution in [-0.2, 0) is 6.54 Å². The lowest BCUT2D eigenvalue weighted by molar-refractivity contribution is 0.0809. The van der Waals surface area contributed by atoms with Gasteiger partial charge < -0.3 is 9.88 Å². The number of hydrogen-bond acceptors (Lipinski definition) is 1. The van der Waals surface area contributed by atoms with Crippen LogP contribution < -0.4 is 0 Å². The van der Waals surface area contributed by atoms with Crippen molar-refractivity contribution in [3.63, 3.8) is 0 Å². The molecular formula is C18H15IN2O. The molecule has 0 aliphatic heterocycles. The molecule has 3 nitrogen and oxygen atoms in total. The summed E-state index contributed by atoms with van der Waals surface area (Å²) < 4.78 is 1.14. The molecule has 0 atom stereocenters. The van der Waals surface area contributed by atoms with Crippen molar-refractivity contribution < 1.29 is 4.79 Å². The highest BCUT2D eigenvalue weighted by Gasteiger charge is 2.16. The monoisotopic (exact) mass is 402 g/mol. The molecule has 1 amide bonds. The summed E-state index contributed by atoms with van der Waals surface area (Å²) in [6.45, 7) is 4.29. The number of fused-ring (bicyclic) bond motifs is 1. The number of nitrogens with zero attached hydrogens (tertiary/aromatic N) is 1. The van der Waals surface area contributed by atoms with Gasteiger partial charge in [-0.2, -0.15) is 0 Å². The number of aromatic nitrogens is 1. The van der Waals surface area contributed by atoms with Crippen molar-refractivity contribution in [2.75, 3.05) is 0 Å². The van der Waals surface area contributed by atoms with Crippen molar-refractivity contribution in [1.29, 1.82) is 0 Å². The second-order valence-electron chi connectivity index (χ2n) is 4.98. The van der Waals surface area contributed by atoms with E-state index in [1.54, 1.807) is 11.1 Å². The number of carbonyl (C=O) groups excluding carboxylic acids is 1. The molecule has 1 N–H and O–H groups in total. The van der Waals surface area contributed by atoms with E-state index in [4.69, 9.17) is 0 Å². The highest BCUT2D eigenvalue weighted by Crippen LogP contribution is 2.19. The maximum absolute atomic E-state index is 12.7. The topological polar surface area (TPSA) is 36.1 Å². The summed E-state index contributed by atoms with van der Waals surface area (Å²) in [6, 6.07) is 17.8. The fourth-order valence-electron chi connectivity index (χ4n) is 2.37. The predicted molar refractivity (Wildman–Crippen MR) is 97.5 cm³/mol. The van der Waals surface area contributed by atoms with Crippen LogP contribution in [0.5, 0.6) is 0 Å². The Balaban J connectivity index is 1.88. The van der Waals surface area contributed by atoms with Gasteiger partial charge in [-0.1, -0.05) is 43.0 Å². The standard InChI is InChI=1S/C18H15IN2O/c1-2-21(12-14-8-3-5-9-15(14)19)18(22)17-11-13-7-4-6-10-16(13)20-17/h2-11,20H,1,12H2. The number of benzene rings is 2. The van der Waals surface area contributed by atoms with Crippen molar-refractivity contribution in [1.82, 2.24) is 9.88 Å². The number of H-pyrrole nitrogens is 1. The van der Waals surface area contributed by atoms with Gasteiger partial charge in [0.15, 0.2) is 0 Å². The van der Waals surface area contributed by atoms with Crippen molar-refractivity contribution >= 4 is 39.4 Å². The molecule has 0 aliphatic rings. The Hall–Kier alpha value is -2.08. The van der Waals surface area contributed by atoms with Crippen LogP contribution in [0.3, 0.4) is 0 Å². The maximum Gasteiger partial charge on any atom is 0.274 e. The molecule has 3 rings (SSSR count). The van der Waals surface area contributed by atoms with Crippen molar-refractivity contribution in [2.45, 2.75) is 6.54 Å². The molecule has 0 aliphatic carbocycles. The second-order valence-corrected chi connectivity index (χ2v) is 6.14. The Bertz CT molecular complexity index is 805. The Morgan fingerprint density at radius 2 is 1.91 bits per heavy atom. The zero-order chi connectivity index (χ0) is 15.5. The van der Waals surface area contributed by atoms with Crippen LogP contribution in [0.25, 0.3) is 10.9 Å². The highest BCUT2D eigenvalue weighted by molar-refractivity contribution is 14.1. The summed E-state index contributed by atoms with van der Waals surface area (Å²) in [4.78, 5) is 17.5. The average molecular weight is 402 g/mol. The Kier molecular flexibility index (Phi) is 4.29. The number of para-hydroxylation sites is 1. The fraction of sp³-hybridized carbons (Fsp3) is 0.0556. The Morgan fingerprint density at radius 1 is 1.18 bits per heavy atom. The van der Waals surface area contributed by atoms with Crippen LogP contribution in [-0.4, -0.2) is 15.8 Å². The molecule has 0 saturated carbocycles. The van der Waals surface area contributed by atoms with Gasteiger partial charge in [0.25, 0.3) is 5.91 Å². The normalized spacial score (nSPS) is 10.6. The highest BCUT2D eigenvalue weighted by atomic mass is 127. The largest absolute Gasteiger partial charge is 0.351 e. The lowest BCUT2D eigenvalue weighted by Crippen LogP contribution is -2.25. The lowest BCUT2D eigenvalue weighted by atomic mass is 10.2. The van der Waals surface area contributed by atoms with Gasteiger partial charge in [-0.25, -0.2) is 0 Å². The molecule has 1 heterocycles. The first kappa shape index (κ1) is 14.8. The molecule has 4 heteroatoms. The molecule has 0 spiro atoms. The summed E-state index contributed by atoms with van der Waals surface area (Å²) in [7, 11) is 0. The van der Waals surface area contributed by atoms with E-state index in [0.717, 1.165) is 20.0 Å².